The number of pyridine rings is 1. The summed E-state index contributed by atoms with van der Waals surface area (Å²) >= 11 is 0. The summed E-state index contributed by atoms with van der Waals surface area (Å²) in [5.41, 5.74) is 4.31. The quantitative estimate of drug-likeness (QED) is 0.569. The van der Waals surface area contributed by atoms with Crippen molar-refractivity contribution in [1.29, 1.82) is 0 Å². The zero-order valence-corrected chi connectivity index (χ0v) is 11.3. The molecule has 0 radical (unpaired) electrons. The smallest absolute Gasteiger partial charge is 0.252 e. The number of aromatic nitrogens is 2. The molecule has 2 aromatic heterocycles. The standard InChI is InChI=1S/C16H15N3O2/c20-16(18-21)13(10-12-6-2-1-3-7-12)14-11-17-15-8-4-5-9-19(14)15/h1-9,11,13,21H,10H2,(H,18,20). The van der Waals surface area contributed by atoms with E-state index in [1.807, 2.05) is 59.1 Å². The van der Waals surface area contributed by atoms with Gasteiger partial charge in [-0.15, -0.1) is 0 Å². The van der Waals surface area contributed by atoms with Gasteiger partial charge in [0.25, 0.3) is 5.91 Å². The van der Waals surface area contributed by atoms with Crippen LogP contribution in [-0.2, 0) is 11.2 Å². The maximum absolute atomic E-state index is 12.1. The number of carbonyl (C=O) groups is 1. The minimum atomic E-state index is -0.505. The van der Waals surface area contributed by atoms with Crippen LogP contribution in [0.5, 0.6) is 0 Å². The van der Waals surface area contributed by atoms with Crippen molar-refractivity contribution in [1.82, 2.24) is 14.9 Å². The van der Waals surface area contributed by atoms with Crippen LogP contribution in [0.4, 0.5) is 0 Å². The molecule has 3 rings (SSSR count). The molecule has 21 heavy (non-hydrogen) atoms. The van der Waals surface area contributed by atoms with Crippen LogP contribution in [0.15, 0.2) is 60.9 Å². The third-order valence-corrected chi connectivity index (χ3v) is 3.51. The van der Waals surface area contributed by atoms with Crippen molar-refractivity contribution in [2.75, 3.05) is 0 Å². The lowest BCUT2D eigenvalue weighted by Gasteiger charge is -2.14. The molecule has 5 nitrogen and oxygen atoms in total. The Balaban J connectivity index is 2.01. The number of fused-ring (bicyclic) bond motifs is 1. The van der Waals surface area contributed by atoms with E-state index in [4.69, 9.17) is 5.21 Å². The molecule has 5 heteroatoms. The Morgan fingerprint density at radius 3 is 2.71 bits per heavy atom. The van der Waals surface area contributed by atoms with Crippen molar-refractivity contribution in [3.8, 4) is 0 Å². The minimum Gasteiger partial charge on any atom is -0.303 e. The predicted molar refractivity (Wildman–Crippen MR) is 78.0 cm³/mol. The molecule has 1 atom stereocenters. The summed E-state index contributed by atoms with van der Waals surface area (Å²) in [4.78, 5) is 16.4. The van der Waals surface area contributed by atoms with Gasteiger partial charge in [-0.1, -0.05) is 36.4 Å². The molecule has 2 N–H and O–H groups in total. The van der Waals surface area contributed by atoms with Crippen molar-refractivity contribution in [2.45, 2.75) is 12.3 Å². The van der Waals surface area contributed by atoms with Crippen LogP contribution in [0.2, 0.25) is 0 Å². The largest absolute Gasteiger partial charge is 0.303 e. The van der Waals surface area contributed by atoms with E-state index in [0.29, 0.717) is 6.42 Å². The predicted octanol–water partition coefficient (Wildman–Crippen LogP) is 2.17. The first-order valence-electron chi connectivity index (χ1n) is 6.69. The lowest BCUT2D eigenvalue weighted by Crippen LogP contribution is -2.28. The first-order valence-corrected chi connectivity index (χ1v) is 6.69. The molecular weight excluding hydrogens is 266 g/mol. The molecule has 0 aliphatic carbocycles. The van der Waals surface area contributed by atoms with Gasteiger partial charge in [0.2, 0.25) is 0 Å². The highest BCUT2D eigenvalue weighted by atomic mass is 16.5. The molecule has 0 aliphatic heterocycles. The van der Waals surface area contributed by atoms with Gasteiger partial charge in [-0.2, -0.15) is 0 Å². The molecule has 1 aromatic carbocycles. The third-order valence-electron chi connectivity index (χ3n) is 3.51. The molecule has 0 saturated carbocycles. The van der Waals surface area contributed by atoms with Gasteiger partial charge < -0.3 is 4.40 Å². The maximum Gasteiger partial charge on any atom is 0.252 e. The number of amides is 1. The van der Waals surface area contributed by atoms with Crippen molar-refractivity contribution < 1.29 is 10.0 Å². The molecule has 3 aromatic rings. The molecule has 106 valence electrons. The number of hydroxylamine groups is 1. The van der Waals surface area contributed by atoms with Gasteiger partial charge in [0.15, 0.2) is 0 Å². The average molecular weight is 281 g/mol. The van der Waals surface area contributed by atoms with Gasteiger partial charge in [0.1, 0.15) is 5.65 Å². The lowest BCUT2D eigenvalue weighted by molar-refractivity contribution is -0.130. The second-order valence-electron chi connectivity index (χ2n) is 4.83. The fourth-order valence-electron chi connectivity index (χ4n) is 2.47. The number of imidazole rings is 1. The van der Waals surface area contributed by atoms with Crippen molar-refractivity contribution in [2.24, 2.45) is 0 Å². The summed E-state index contributed by atoms with van der Waals surface area (Å²) < 4.78 is 1.86. The summed E-state index contributed by atoms with van der Waals surface area (Å²) in [5.74, 6) is -0.945. The van der Waals surface area contributed by atoms with Crippen LogP contribution >= 0.6 is 0 Å². The average Bonchev–Trinajstić information content (AvgIpc) is 2.97. The third kappa shape index (κ3) is 2.64. The normalized spacial score (nSPS) is 12.2. The van der Waals surface area contributed by atoms with Crippen molar-refractivity contribution >= 4 is 11.6 Å². The molecule has 1 unspecified atom stereocenters. The summed E-state index contributed by atoms with van der Waals surface area (Å²) in [6.07, 6.45) is 4.04. The Hall–Kier alpha value is -2.66. The van der Waals surface area contributed by atoms with Crippen LogP contribution in [-0.4, -0.2) is 20.5 Å². The molecule has 0 bridgehead atoms. The Labute approximate surface area is 121 Å². The van der Waals surface area contributed by atoms with E-state index in [1.165, 1.54) is 0 Å². The maximum atomic E-state index is 12.1. The van der Waals surface area contributed by atoms with E-state index in [9.17, 15) is 4.79 Å². The molecule has 0 spiro atoms. The van der Waals surface area contributed by atoms with Gasteiger partial charge in [-0.3, -0.25) is 10.0 Å². The fraction of sp³-hybridized carbons (Fsp3) is 0.125. The van der Waals surface area contributed by atoms with Gasteiger partial charge >= 0.3 is 0 Å². The van der Waals surface area contributed by atoms with Crippen LogP contribution in [0.25, 0.3) is 5.65 Å². The van der Waals surface area contributed by atoms with Crippen LogP contribution in [0, 0.1) is 0 Å². The summed E-state index contributed by atoms with van der Waals surface area (Å²) in [6.45, 7) is 0. The van der Waals surface area contributed by atoms with Crippen molar-refractivity contribution in [3.05, 3.63) is 72.2 Å². The van der Waals surface area contributed by atoms with E-state index in [0.717, 1.165) is 16.9 Å². The number of hydrogen-bond acceptors (Lipinski definition) is 3. The zero-order chi connectivity index (χ0) is 14.7. The number of rotatable bonds is 4. The van der Waals surface area contributed by atoms with Crippen LogP contribution in [0.1, 0.15) is 17.2 Å². The highest BCUT2D eigenvalue weighted by molar-refractivity contribution is 5.82. The second-order valence-corrected chi connectivity index (χ2v) is 4.83. The highest BCUT2D eigenvalue weighted by Gasteiger charge is 2.24. The Morgan fingerprint density at radius 2 is 1.95 bits per heavy atom. The van der Waals surface area contributed by atoms with Gasteiger partial charge in [-0.25, -0.2) is 10.5 Å². The number of nitrogens with one attached hydrogen (secondary N) is 1. The Morgan fingerprint density at radius 1 is 1.19 bits per heavy atom. The molecule has 1 amide bonds. The summed E-state index contributed by atoms with van der Waals surface area (Å²) in [6, 6.07) is 15.4. The van der Waals surface area contributed by atoms with Crippen LogP contribution in [0.3, 0.4) is 0 Å². The number of benzene rings is 1. The SMILES string of the molecule is O=C(NO)C(Cc1ccccc1)c1cnc2ccccn12. The number of hydrogen-bond donors (Lipinski definition) is 2. The second kappa shape index (κ2) is 5.76. The van der Waals surface area contributed by atoms with E-state index in [-0.39, 0.29) is 0 Å². The van der Waals surface area contributed by atoms with Gasteiger partial charge in [0.05, 0.1) is 17.8 Å². The van der Waals surface area contributed by atoms with Crippen molar-refractivity contribution in [3.63, 3.8) is 0 Å². The highest BCUT2D eigenvalue weighted by Crippen LogP contribution is 2.22. The van der Waals surface area contributed by atoms with E-state index in [2.05, 4.69) is 4.98 Å². The van der Waals surface area contributed by atoms with Gasteiger partial charge in [0, 0.05) is 6.20 Å². The Kier molecular flexibility index (Phi) is 3.66. The van der Waals surface area contributed by atoms with Gasteiger partial charge in [-0.05, 0) is 24.1 Å². The molecule has 0 fully saturated rings. The lowest BCUT2D eigenvalue weighted by atomic mass is 9.96. The topological polar surface area (TPSA) is 66.6 Å². The Bertz CT molecular complexity index is 752. The van der Waals surface area contributed by atoms with E-state index < -0.39 is 11.8 Å². The molecule has 2 heterocycles. The monoisotopic (exact) mass is 281 g/mol. The summed E-state index contributed by atoms with van der Waals surface area (Å²) in [5, 5.41) is 9.02. The number of nitrogens with zero attached hydrogens (tertiary/aromatic N) is 2. The first kappa shape index (κ1) is 13.3. The molecule has 0 saturated heterocycles. The first-order chi connectivity index (χ1) is 10.3. The molecule has 0 aliphatic rings. The summed E-state index contributed by atoms with van der Waals surface area (Å²) in [7, 11) is 0. The van der Waals surface area contributed by atoms with E-state index >= 15 is 0 Å². The van der Waals surface area contributed by atoms with Crippen LogP contribution < -0.4 is 5.48 Å². The van der Waals surface area contributed by atoms with E-state index in [1.54, 1.807) is 11.7 Å². The minimum absolute atomic E-state index is 0.440. The fourth-order valence-corrected chi connectivity index (χ4v) is 2.47. The zero-order valence-electron chi connectivity index (χ0n) is 11.3. The number of carbonyl (C=O) groups excluding carboxylic acids is 1. The molecular formula is C16H15N3O2.